The Balaban J connectivity index is 1.91. The Bertz CT molecular complexity index is 1010. The van der Waals surface area contributed by atoms with E-state index < -0.39 is 5.54 Å². The van der Waals surface area contributed by atoms with Gasteiger partial charge in [0.05, 0.1) is 11.6 Å². The Morgan fingerprint density at radius 1 is 0.769 bits per heavy atom. The maximum atomic E-state index is 9.68. The molecule has 1 aliphatic heterocycles. The molecule has 0 aliphatic carbocycles. The molecule has 26 heavy (non-hydrogen) atoms. The Hall–Kier alpha value is -3.57. The third kappa shape index (κ3) is 2.70. The summed E-state index contributed by atoms with van der Waals surface area (Å²) in [6.07, 6.45) is 6.27. The lowest BCUT2D eigenvalue weighted by molar-refractivity contribution is 0.578. The summed E-state index contributed by atoms with van der Waals surface area (Å²) in [5, 5.41) is 13.4. The topological polar surface area (TPSA) is 35.8 Å². The van der Waals surface area contributed by atoms with Gasteiger partial charge in [0, 0.05) is 11.3 Å². The van der Waals surface area contributed by atoms with E-state index in [1.807, 2.05) is 60.7 Å². The molecule has 0 spiro atoms. The van der Waals surface area contributed by atoms with Gasteiger partial charge in [-0.1, -0.05) is 91.0 Å². The van der Waals surface area contributed by atoms with Crippen LogP contribution in [0.1, 0.15) is 22.3 Å². The fourth-order valence-electron chi connectivity index (χ4n) is 3.48. The highest BCUT2D eigenvalue weighted by atomic mass is 15.0. The molecule has 1 aliphatic rings. The minimum atomic E-state index is -0.590. The molecule has 2 heteroatoms. The van der Waals surface area contributed by atoms with Crippen molar-refractivity contribution in [3.8, 4) is 6.07 Å². The average molecular weight is 334 g/mol. The largest absolute Gasteiger partial charge is 0.368 e. The van der Waals surface area contributed by atoms with Gasteiger partial charge in [-0.05, 0) is 23.3 Å². The summed E-state index contributed by atoms with van der Waals surface area (Å²) in [6.45, 7) is 0. The van der Waals surface area contributed by atoms with Crippen molar-refractivity contribution >= 4 is 5.70 Å². The van der Waals surface area contributed by atoms with Crippen LogP contribution in [0.5, 0.6) is 0 Å². The van der Waals surface area contributed by atoms with Crippen LogP contribution >= 0.6 is 0 Å². The van der Waals surface area contributed by atoms with Crippen molar-refractivity contribution in [1.82, 2.24) is 5.32 Å². The molecule has 0 saturated carbocycles. The fourth-order valence-corrected chi connectivity index (χ4v) is 3.48. The predicted octanol–water partition coefficient (Wildman–Crippen LogP) is 5.00. The highest BCUT2D eigenvalue weighted by Crippen LogP contribution is 2.37. The second-order valence-electron chi connectivity index (χ2n) is 6.26. The maximum absolute atomic E-state index is 9.68. The molecule has 1 heterocycles. The Labute approximate surface area is 153 Å². The summed E-state index contributed by atoms with van der Waals surface area (Å²) in [7, 11) is 0. The lowest BCUT2D eigenvalue weighted by Crippen LogP contribution is -2.42. The van der Waals surface area contributed by atoms with Gasteiger partial charge in [0.25, 0.3) is 0 Å². The van der Waals surface area contributed by atoms with Gasteiger partial charge in [-0.2, -0.15) is 5.26 Å². The maximum Gasteiger partial charge on any atom is 0.108 e. The summed E-state index contributed by atoms with van der Waals surface area (Å²) < 4.78 is 0. The molecule has 2 nitrogen and oxygen atoms in total. The van der Waals surface area contributed by atoms with Crippen molar-refractivity contribution in [2.24, 2.45) is 0 Å². The van der Waals surface area contributed by atoms with Gasteiger partial charge in [0.15, 0.2) is 0 Å². The average Bonchev–Trinajstić information content (AvgIpc) is 2.75. The standard InChI is InChI=1S/C24H18N2/c25-18-20-12-7-8-15-22(20)24(21-13-5-2-6-14-21)17-9-16-23(26-24)19-10-3-1-4-11-19/h1-17,26H. The molecule has 0 amide bonds. The van der Waals surface area contributed by atoms with Gasteiger partial charge >= 0.3 is 0 Å². The molecule has 0 radical (unpaired) electrons. The van der Waals surface area contributed by atoms with Crippen LogP contribution < -0.4 is 5.32 Å². The quantitative estimate of drug-likeness (QED) is 0.731. The van der Waals surface area contributed by atoms with Crippen molar-refractivity contribution in [2.45, 2.75) is 5.54 Å². The predicted molar refractivity (Wildman–Crippen MR) is 105 cm³/mol. The third-order valence-corrected chi connectivity index (χ3v) is 4.73. The summed E-state index contributed by atoms with van der Waals surface area (Å²) >= 11 is 0. The van der Waals surface area contributed by atoms with E-state index in [4.69, 9.17) is 0 Å². The molecule has 1 atom stereocenters. The number of benzene rings is 3. The molecule has 0 fully saturated rings. The van der Waals surface area contributed by atoms with E-state index in [2.05, 4.69) is 53.9 Å². The molecular weight excluding hydrogens is 316 g/mol. The molecule has 0 saturated heterocycles. The highest BCUT2D eigenvalue weighted by molar-refractivity contribution is 5.71. The molecule has 124 valence electrons. The first kappa shape index (κ1) is 15.9. The van der Waals surface area contributed by atoms with Crippen LogP contribution in [0.3, 0.4) is 0 Å². The highest BCUT2D eigenvalue weighted by Gasteiger charge is 2.35. The van der Waals surface area contributed by atoms with E-state index in [9.17, 15) is 5.26 Å². The lowest BCUT2D eigenvalue weighted by atomic mass is 9.78. The van der Waals surface area contributed by atoms with Crippen LogP contribution in [0, 0.1) is 11.3 Å². The van der Waals surface area contributed by atoms with Gasteiger partial charge in [-0.3, -0.25) is 0 Å². The summed E-state index contributed by atoms with van der Waals surface area (Å²) in [5.41, 5.74) is 4.28. The first-order chi connectivity index (χ1) is 12.8. The number of nitrogens with zero attached hydrogens (tertiary/aromatic N) is 1. The molecular formula is C24H18N2. The molecule has 1 unspecified atom stereocenters. The van der Waals surface area contributed by atoms with Crippen molar-refractivity contribution in [2.75, 3.05) is 0 Å². The number of rotatable bonds is 3. The van der Waals surface area contributed by atoms with E-state index in [1.54, 1.807) is 0 Å². The molecule has 3 aromatic rings. The van der Waals surface area contributed by atoms with E-state index in [0.29, 0.717) is 5.56 Å². The number of hydrogen-bond donors (Lipinski definition) is 1. The number of hydrogen-bond acceptors (Lipinski definition) is 2. The summed E-state index contributed by atoms with van der Waals surface area (Å²) in [4.78, 5) is 0. The van der Waals surface area contributed by atoms with Crippen LogP contribution in [-0.4, -0.2) is 0 Å². The minimum Gasteiger partial charge on any atom is -0.368 e. The van der Waals surface area contributed by atoms with Crippen molar-refractivity contribution in [1.29, 1.82) is 5.26 Å². The first-order valence-corrected chi connectivity index (χ1v) is 8.62. The smallest absolute Gasteiger partial charge is 0.108 e. The van der Waals surface area contributed by atoms with Gasteiger partial charge in [-0.15, -0.1) is 0 Å². The molecule has 0 bridgehead atoms. The van der Waals surface area contributed by atoms with E-state index in [1.165, 1.54) is 0 Å². The van der Waals surface area contributed by atoms with Crippen LogP contribution in [-0.2, 0) is 5.54 Å². The lowest BCUT2D eigenvalue weighted by Gasteiger charge is -2.37. The van der Waals surface area contributed by atoms with Crippen LogP contribution in [0.25, 0.3) is 5.70 Å². The zero-order chi connectivity index (χ0) is 17.8. The van der Waals surface area contributed by atoms with E-state index in [0.717, 1.165) is 22.4 Å². The molecule has 0 aromatic heterocycles. The van der Waals surface area contributed by atoms with Crippen LogP contribution in [0.15, 0.2) is 103 Å². The SMILES string of the molecule is N#Cc1ccccc1C1(c2ccccc2)C=CC=C(c2ccccc2)N1. The number of allylic oxidation sites excluding steroid dienone is 2. The van der Waals surface area contributed by atoms with Crippen LogP contribution in [0.2, 0.25) is 0 Å². The van der Waals surface area contributed by atoms with Crippen molar-refractivity contribution in [3.05, 3.63) is 125 Å². The van der Waals surface area contributed by atoms with Gasteiger partial charge in [0.2, 0.25) is 0 Å². The van der Waals surface area contributed by atoms with Gasteiger partial charge in [-0.25, -0.2) is 0 Å². The zero-order valence-corrected chi connectivity index (χ0v) is 14.3. The normalized spacial score (nSPS) is 18.5. The molecule has 1 N–H and O–H groups in total. The fraction of sp³-hybridized carbons (Fsp3) is 0.0417. The summed E-state index contributed by atoms with van der Waals surface area (Å²) in [5.74, 6) is 0. The molecule has 4 rings (SSSR count). The summed E-state index contributed by atoms with van der Waals surface area (Å²) in [6, 6.07) is 30.6. The first-order valence-electron chi connectivity index (χ1n) is 8.62. The van der Waals surface area contributed by atoms with Crippen molar-refractivity contribution in [3.63, 3.8) is 0 Å². The van der Waals surface area contributed by atoms with Gasteiger partial charge in [0.1, 0.15) is 5.54 Å². The molecule has 3 aromatic carbocycles. The van der Waals surface area contributed by atoms with Crippen LogP contribution in [0.4, 0.5) is 0 Å². The van der Waals surface area contributed by atoms with E-state index in [-0.39, 0.29) is 0 Å². The number of dihydropyridines is 1. The number of nitriles is 1. The monoisotopic (exact) mass is 334 g/mol. The zero-order valence-electron chi connectivity index (χ0n) is 14.3. The van der Waals surface area contributed by atoms with E-state index >= 15 is 0 Å². The Morgan fingerprint density at radius 2 is 1.42 bits per heavy atom. The Kier molecular flexibility index (Phi) is 4.13. The minimum absolute atomic E-state index is 0.590. The van der Waals surface area contributed by atoms with Gasteiger partial charge < -0.3 is 5.32 Å². The Morgan fingerprint density at radius 3 is 2.15 bits per heavy atom. The van der Waals surface area contributed by atoms with Crippen molar-refractivity contribution < 1.29 is 0 Å². The second-order valence-corrected chi connectivity index (χ2v) is 6.26. The second kappa shape index (κ2) is 6.74. The number of nitrogens with one attached hydrogen (secondary N) is 1. The third-order valence-electron chi connectivity index (χ3n) is 4.73.